The third-order valence-electron chi connectivity index (χ3n) is 3.18. The van der Waals surface area contributed by atoms with Gasteiger partial charge >= 0.3 is 0 Å². The molecule has 7 heteroatoms. The number of para-hydroxylation sites is 1. The van der Waals surface area contributed by atoms with Crippen molar-refractivity contribution in [1.82, 2.24) is 0 Å². The van der Waals surface area contributed by atoms with Crippen LogP contribution in [0.1, 0.15) is 15.9 Å². The lowest BCUT2D eigenvalue weighted by atomic mass is 10.1. The highest BCUT2D eigenvalue weighted by Crippen LogP contribution is 2.21. The summed E-state index contributed by atoms with van der Waals surface area (Å²) in [4.78, 5) is 23.3. The van der Waals surface area contributed by atoms with Crippen LogP contribution in [0.2, 0.25) is 0 Å². The molecule has 0 radical (unpaired) electrons. The quantitative estimate of drug-likeness (QED) is 0.806. The van der Waals surface area contributed by atoms with Gasteiger partial charge in [-0.2, -0.15) is 0 Å². The van der Waals surface area contributed by atoms with Crippen molar-refractivity contribution in [2.24, 2.45) is 5.73 Å². The number of hydrogen-bond donors (Lipinski definition) is 2. The van der Waals surface area contributed by atoms with E-state index < -0.39 is 11.7 Å². The van der Waals surface area contributed by atoms with Gasteiger partial charge in [-0.05, 0) is 29.8 Å². The number of primary amides is 1. The van der Waals surface area contributed by atoms with Gasteiger partial charge in [0.05, 0.1) is 24.1 Å². The van der Waals surface area contributed by atoms with E-state index in [1.165, 1.54) is 24.9 Å². The first kappa shape index (κ1) is 17.8. The Hall–Kier alpha value is -2.54. The number of carbonyl (C=O) groups is 2. The molecule has 0 aromatic heterocycles. The molecule has 2 aromatic carbocycles. The zero-order valence-electron chi connectivity index (χ0n) is 13.0. The number of halogens is 1. The maximum atomic E-state index is 13.6. The number of amides is 2. The molecule has 0 atom stereocenters. The number of nitrogens with one attached hydrogen (secondary N) is 1. The van der Waals surface area contributed by atoms with E-state index in [1.807, 2.05) is 0 Å². The first-order chi connectivity index (χ1) is 11.5. The van der Waals surface area contributed by atoms with Crippen LogP contribution in [0.25, 0.3) is 0 Å². The Morgan fingerprint density at radius 2 is 2.00 bits per heavy atom. The van der Waals surface area contributed by atoms with Crippen LogP contribution in [-0.4, -0.2) is 24.7 Å². The lowest BCUT2D eigenvalue weighted by Gasteiger charge is -2.09. The van der Waals surface area contributed by atoms with Crippen LogP contribution < -0.4 is 15.8 Å². The second kappa shape index (κ2) is 8.35. The van der Waals surface area contributed by atoms with Gasteiger partial charge in [-0.25, -0.2) is 4.39 Å². The third-order valence-corrected chi connectivity index (χ3v) is 4.19. The van der Waals surface area contributed by atoms with Crippen LogP contribution in [0.15, 0.2) is 42.5 Å². The molecule has 0 spiro atoms. The summed E-state index contributed by atoms with van der Waals surface area (Å²) in [6.07, 6.45) is 0. The second-order valence-electron chi connectivity index (χ2n) is 4.92. The van der Waals surface area contributed by atoms with Crippen molar-refractivity contribution in [3.63, 3.8) is 0 Å². The van der Waals surface area contributed by atoms with Gasteiger partial charge in [-0.15, -0.1) is 11.8 Å². The molecule has 0 bridgehead atoms. The Kier molecular flexibility index (Phi) is 6.20. The van der Waals surface area contributed by atoms with Crippen molar-refractivity contribution in [3.8, 4) is 5.75 Å². The summed E-state index contributed by atoms with van der Waals surface area (Å²) in [5.74, 6) is -0.470. The van der Waals surface area contributed by atoms with Gasteiger partial charge in [0.15, 0.2) is 11.6 Å². The van der Waals surface area contributed by atoms with Gasteiger partial charge in [0.1, 0.15) is 0 Å². The molecule has 5 nitrogen and oxygen atoms in total. The van der Waals surface area contributed by atoms with Crippen molar-refractivity contribution in [2.45, 2.75) is 5.75 Å². The number of hydrogen-bond acceptors (Lipinski definition) is 4. The zero-order chi connectivity index (χ0) is 17.5. The molecule has 0 aliphatic carbocycles. The smallest absolute Gasteiger partial charge is 0.250 e. The minimum atomic E-state index is -0.604. The zero-order valence-corrected chi connectivity index (χ0v) is 13.9. The number of carbonyl (C=O) groups excluding carboxylic acids is 2. The Labute approximate surface area is 143 Å². The lowest BCUT2D eigenvalue weighted by molar-refractivity contribution is -0.113. The third kappa shape index (κ3) is 4.73. The summed E-state index contributed by atoms with van der Waals surface area (Å²) in [6, 6.07) is 11.2. The molecule has 0 fully saturated rings. The molecule has 2 rings (SSSR count). The van der Waals surface area contributed by atoms with E-state index in [0.29, 0.717) is 11.4 Å². The normalized spacial score (nSPS) is 10.2. The van der Waals surface area contributed by atoms with Gasteiger partial charge in [0.25, 0.3) is 5.91 Å². The number of benzene rings is 2. The number of ether oxygens (including phenoxy) is 1. The molecular weight excluding hydrogens is 331 g/mol. The highest BCUT2D eigenvalue weighted by atomic mass is 32.2. The molecule has 0 saturated carbocycles. The highest BCUT2D eigenvalue weighted by Gasteiger charge is 2.10. The van der Waals surface area contributed by atoms with Crippen LogP contribution in [0.3, 0.4) is 0 Å². The minimum Gasteiger partial charge on any atom is -0.494 e. The average molecular weight is 348 g/mol. The van der Waals surface area contributed by atoms with Gasteiger partial charge in [-0.3, -0.25) is 9.59 Å². The fourth-order valence-electron chi connectivity index (χ4n) is 2.05. The highest BCUT2D eigenvalue weighted by molar-refractivity contribution is 7.99. The fourth-order valence-corrected chi connectivity index (χ4v) is 2.83. The van der Waals surface area contributed by atoms with Gasteiger partial charge in [0.2, 0.25) is 5.91 Å². The van der Waals surface area contributed by atoms with Gasteiger partial charge in [0, 0.05) is 5.75 Å². The molecule has 0 aliphatic rings. The van der Waals surface area contributed by atoms with Crippen LogP contribution in [-0.2, 0) is 10.5 Å². The number of anilines is 1. The maximum Gasteiger partial charge on any atom is 0.250 e. The largest absolute Gasteiger partial charge is 0.494 e. The van der Waals surface area contributed by atoms with Crippen molar-refractivity contribution in [2.75, 3.05) is 18.2 Å². The summed E-state index contributed by atoms with van der Waals surface area (Å²) in [5.41, 5.74) is 6.65. The van der Waals surface area contributed by atoms with Gasteiger partial charge < -0.3 is 15.8 Å². The van der Waals surface area contributed by atoms with E-state index in [1.54, 1.807) is 36.4 Å². The Morgan fingerprint density at radius 1 is 1.25 bits per heavy atom. The molecule has 24 heavy (non-hydrogen) atoms. The summed E-state index contributed by atoms with van der Waals surface area (Å²) < 4.78 is 18.4. The predicted octanol–water partition coefficient (Wildman–Crippen LogP) is 2.81. The first-order valence-corrected chi connectivity index (χ1v) is 8.25. The number of methoxy groups -OCH3 is 1. The molecule has 2 amide bonds. The number of thioether (sulfide) groups is 1. The van der Waals surface area contributed by atoms with Gasteiger partial charge in [-0.1, -0.05) is 18.2 Å². The van der Waals surface area contributed by atoms with E-state index in [4.69, 9.17) is 10.5 Å². The minimum absolute atomic E-state index is 0.167. The summed E-state index contributed by atoms with van der Waals surface area (Å²) in [6.45, 7) is 0. The number of rotatable bonds is 7. The molecule has 126 valence electrons. The molecule has 0 saturated heterocycles. The molecule has 0 unspecified atom stereocenters. The maximum absolute atomic E-state index is 13.6. The van der Waals surface area contributed by atoms with Crippen LogP contribution >= 0.6 is 11.8 Å². The fraction of sp³-hybridized carbons (Fsp3) is 0.176. The monoisotopic (exact) mass is 348 g/mol. The topological polar surface area (TPSA) is 81.4 Å². The molecule has 2 aromatic rings. The van der Waals surface area contributed by atoms with Crippen LogP contribution in [0.4, 0.5) is 10.1 Å². The first-order valence-electron chi connectivity index (χ1n) is 7.10. The van der Waals surface area contributed by atoms with E-state index in [2.05, 4.69) is 5.32 Å². The Balaban J connectivity index is 1.88. The molecule has 3 N–H and O–H groups in total. The summed E-state index contributed by atoms with van der Waals surface area (Å²) in [7, 11) is 1.40. The molecule has 0 aliphatic heterocycles. The van der Waals surface area contributed by atoms with E-state index >= 15 is 0 Å². The summed E-state index contributed by atoms with van der Waals surface area (Å²) >= 11 is 1.33. The molecule has 0 heterocycles. The summed E-state index contributed by atoms with van der Waals surface area (Å²) in [5, 5.41) is 2.65. The van der Waals surface area contributed by atoms with Crippen LogP contribution in [0, 0.1) is 5.82 Å². The van der Waals surface area contributed by atoms with Crippen molar-refractivity contribution in [3.05, 3.63) is 59.4 Å². The SMILES string of the molecule is COc1ccc(CSCC(=O)Nc2ccccc2C(N)=O)cc1F. The average Bonchev–Trinajstić information content (AvgIpc) is 2.55. The van der Waals surface area contributed by atoms with Crippen molar-refractivity contribution in [1.29, 1.82) is 0 Å². The van der Waals surface area contributed by atoms with Crippen molar-refractivity contribution >= 4 is 29.3 Å². The van der Waals surface area contributed by atoms with Crippen LogP contribution in [0.5, 0.6) is 5.75 Å². The lowest BCUT2D eigenvalue weighted by Crippen LogP contribution is -2.19. The van der Waals surface area contributed by atoms with E-state index in [-0.39, 0.29) is 23.0 Å². The van der Waals surface area contributed by atoms with E-state index in [9.17, 15) is 14.0 Å². The Bertz CT molecular complexity index is 752. The molecular formula is C17H17FN2O3S. The predicted molar refractivity (Wildman–Crippen MR) is 92.7 cm³/mol. The standard InChI is InChI=1S/C17H17FN2O3S/c1-23-15-7-6-11(8-13(15)18)9-24-10-16(21)20-14-5-3-2-4-12(14)17(19)22/h2-8H,9-10H2,1H3,(H2,19,22)(H,20,21). The van der Waals surface area contributed by atoms with E-state index in [0.717, 1.165) is 5.56 Å². The Morgan fingerprint density at radius 3 is 2.67 bits per heavy atom. The number of nitrogens with two attached hydrogens (primary N) is 1. The second-order valence-corrected chi connectivity index (χ2v) is 5.91. The van der Waals surface area contributed by atoms with Crippen molar-refractivity contribution < 1.29 is 18.7 Å².